The number of furan rings is 1. The molecule has 0 N–H and O–H groups in total. The molecule has 0 aliphatic heterocycles. The Morgan fingerprint density at radius 2 is 0.912 bits per heavy atom. The molecule has 266 valence electrons. The van der Waals surface area contributed by atoms with Gasteiger partial charge in [-0.05, 0) is 76.9 Å². The molecule has 4 aromatic heterocycles. The van der Waals surface area contributed by atoms with E-state index in [2.05, 4.69) is 157 Å². The summed E-state index contributed by atoms with van der Waals surface area (Å²) in [5.74, 6) is 0.667. The maximum atomic E-state index is 6.18. The molecule has 0 unspecified atom stereocenters. The Morgan fingerprint density at radius 3 is 1.70 bits per heavy atom. The first-order chi connectivity index (χ1) is 28.2. The van der Waals surface area contributed by atoms with Gasteiger partial charge in [-0.3, -0.25) is 4.98 Å². The second kappa shape index (κ2) is 13.5. The first-order valence-electron chi connectivity index (χ1n) is 19.0. The highest BCUT2D eigenvalue weighted by atomic mass is 16.3. The lowest BCUT2D eigenvalue weighted by molar-refractivity contribution is 0.669. The van der Waals surface area contributed by atoms with Crippen molar-refractivity contribution in [2.75, 3.05) is 0 Å². The number of hydrogen-bond acceptors (Lipinski definition) is 5. The van der Waals surface area contributed by atoms with Crippen molar-refractivity contribution < 1.29 is 4.42 Å². The third-order valence-corrected chi connectivity index (χ3v) is 10.7. The summed E-state index contributed by atoms with van der Waals surface area (Å²) in [7, 11) is 0. The SMILES string of the molecule is c1ccc(-c2cc(-c3ccc4oc5ccccc5c4c3)cc(-c3cc(-c4ccc(-c5ccc6ccc7cccnc7c6n5)cc4)nc(-c4ccccc4)n3)c2)cc1. The van der Waals surface area contributed by atoms with Gasteiger partial charge >= 0.3 is 0 Å². The van der Waals surface area contributed by atoms with E-state index in [0.717, 1.165) is 105 Å². The molecule has 0 bridgehead atoms. The summed E-state index contributed by atoms with van der Waals surface area (Å²) >= 11 is 0. The second-order valence-corrected chi connectivity index (χ2v) is 14.3. The average Bonchev–Trinajstić information content (AvgIpc) is 3.67. The smallest absolute Gasteiger partial charge is 0.160 e. The van der Waals surface area contributed by atoms with Crippen LogP contribution in [-0.2, 0) is 0 Å². The lowest BCUT2D eigenvalue weighted by Gasteiger charge is -2.13. The van der Waals surface area contributed by atoms with Crippen molar-refractivity contribution in [2.45, 2.75) is 0 Å². The molecule has 4 heterocycles. The Labute approximate surface area is 328 Å². The molecule has 0 spiro atoms. The van der Waals surface area contributed by atoms with Crippen LogP contribution >= 0.6 is 0 Å². The average molecular weight is 729 g/mol. The van der Waals surface area contributed by atoms with Crippen molar-refractivity contribution in [3.8, 4) is 67.4 Å². The Bertz CT molecular complexity index is 3280. The molecule has 11 rings (SSSR count). The van der Waals surface area contributed by atoms with Crippen LogP contribution in [0, 0.1) is 0 Å². The number of hydrogen-bond donors (Lipinski definition) is 0. The van der Waals surface area contributed by atoms with Gasteiger partial charge in [0.15, 0.2) is 5.82 Å². The Balaban J connectivity index is 1.04. The van der Waals surface area contributed by atoms with Crippen molar-refractivity contribution >= 4 is 43.7 Å². The highest BCUT2D eigenvalue weighted by Gasteiger charge is 2.16. The molecule has 0 aliphatic carbocycles. The van der Waals surface area contributed by atoms with Crippen LogP contribution in [0.15, 0.2) is 199 Å². The molecule has 0 amide bonds. The highest BCUT2D eigenvalue weighted by Crippen LogP contribution is 2.38. The van der Waals surface area contributed by atoms with Crippen LogP contribution in [0.5, 0.6) is 0 Å². The molecule has 7 aromatic carbocycles. The second-order valence-electron chi connectivity index (χ2n) is 14.3. The zero-order chi connectivity index (χ0) is 37.7. The molecule has 0 fully saturated rings. The lowest BCUT2D eigenvalue weighted by Crippen LogP contribution is -1.96. The minimum Gasteiger partial charge on any atom is -0.456 e. The van der Waals surface area contributed by atoms with Crippen LogP contribution in [0.4, 0.5) is 0 Å². The summed E-state index contributed by atoms with van der Waals surface area (Å²) in [6, 6.07) is 65.1. The normalized spacial score (nSPS) is 11.5. The molecule has 57 heavy (non-hydrogen) atoms. The predicted molar refractivity (Wildman–Crippen MR) is 233 cm³/mol. The summed E-state index contributed by atoms with van der Waals surface area (Å²) in [5, 5.41) is 4.35. The Hall–Kier alpha value is -7.76. The largest absolute Gasteiger partial charge is 0.456 e. The summed E-state index contributed by atoms with van der Waals surface area (Å²) < 4.78 is 6.18. The number of pyridine rings is 2. The van der Waals surface area contributed by atoms with Gasteiger partial charge in [-0.15, -0.1) is 0 Å². The van der Waals surface area contributed by atoms with Crippen LogP contribution in [-0.4, -0.2) is 19.9 Å². The molecular weight excluding hydrogens is 697 g/mol. The van der Waals surface area contributed by atoms with Crippen LogP contribution in [0.2, 0.25) is 0 Å². The van der Waals surface area contributed by atoms with Gasteiger partial charge in [0.05, 0.1) is 28.1 Å². The van der Waals surface area contributed by atoms with Gasteiger partial charge in [0, 0.05) is 50.0 Å². The molecule has 0 saturated carbocycles. The van der Waals surface area contributed by atoms with Crippen LogP contribution in [0.3, 0.4) is 0 Å². The highest BCUT2D eigenvalue weighted by molar-refractivity contribution is 6.06. The van der Waals surface area contributed by atoms with E-state index in [4.69, 9.17) is 19.4 Å². The van der Waals surface area contributed by atoms with Crippen molar-refractivity contribution in [1.82, 2.24) is 19.9 Å². The van der Waals surface area contributed by atoms with E-state index < -0.39 is 0 Å². The van der Waals surface area contributed by atoms with Gasteiger partial charge in [-0.1, -0.05) is 133 Å². The van der Waals surface area contributed by atoms with Crippen molar-refractivity contribution in [2.24, 2.45) is 0 Å². The number of benzene rings is 7. The number of fused-ring (bicyclic) bond motifs is 6. The topological polar surface area (TPSA) is 64.7 Å². The number of para-hydroxylation sites is 1. The van der Waals surface area contributed by atoms with Crippen molar-refractivity contribution in [1.29, 1.82) is 0 Å². The lowest BCUT2D eigenvalue weighted by atomic mass is 9.94. The van der Waals surface area contributed by atoms with E-state index in [1.165, 1.54) is 0 Å². The van der Waals surface area contributed by atoms with E-state index in [1.54, 1.807) is 0 Å². The molecule has 11 aromatic rings. The van der Waals surface area contributed by atoms with Crippen LogP contribution < -0.4 is 0 Å². The van der Waals surface area contributed by atoms with E-state index in [1.807, 2.05) is 42.6 Å². The summed E-state index contributed by atoms with van der Waals surface area (Å²) in [4.78, 5) is 20.1. The van der Waals surface area contributed by atoms with Gasteiger partial charge in [-0.2, -0.15) is 0 Å². The molecule has 0 aliphatic rings. The van der Waals surface area contributed by atoms with Gasteiger partial charge in [0.25, 0.3) is 0 Å². The summed E-state index contributed by atoms with van der Waals surface area (Å²) in [6.07, 6.45) is 1.82. The molecule has 5 nitrogen and oxygen atoms in total. The molecule has 0 saturated heterocycles. The van der Waals surface area contributed by atoms with Crippen LogP contribution in [0.25, 0.3) is 111 Å². The van der Waals surface area contributed by atoms with Gasteiger partial charge < -0.3 is 4.42 Å². The minimum atomic E-state index is 0.667. The van der Waals surface area contributed by atoms with Crippen molar-refractivity contribution in [3.05, 3.63) is 194 Å². The van der Waals surface area contributed by atoms with Gasteiger partial charge in [0.1, 0.15) is 11.2 Å². The van der Waals surface area contributed by atoms with E-state index in [9.17, 15) is 0 Å². The molecule has 0 atom stereocenters. The predicted octanol–water partition coefficient (Wildman–Crippen LogP) is 13.5. The standard InChI is InChI=1S/C52H32N4O/c1-3-10-33(11-4-1)40-28-41(39-24-26-49-44(31-39)43-15-7-8-16-48(43)57-49)30-42(29-40)47-32-46(55-52(56-47)38-12-5-2-6-13-38)35-19-17-34(18-20-35)45-25-23-37-22-21-36-14-9-27-53-50(36)51(37)54-45/h1-32H. The fourth-order valence-corrected chi connectivity index (χ4v) is 7.80. The van der Waals surface area contributed by atoms with E-state index in [-0.39, 0.29) is 0 Å². The number of aromatic nitrogens is 4. The fourth-order valence-electron chi connectivity index (χ4n) is 7.80. The Morgan fingerprint density at radius 1 is 0.316 bits per heavy atom. The molecule has 5 heteroatoms. The summed E-state index contributed by atoms with van der Waals surface area (Å²) in [5.41, 5.74) is 14.6. The van der Waals surface area contributed by atoms with Crippen LogP contribution in [0.1, 0.15) is 0 Å². The third-order valence-electron chi connectivity index (χ3n) is 10.7. The van der Waals surface area contributed by atoms with E-state index >= 15 is 0 Å². The Kier molecular flexibility index (Phi) is 7.74. The minimum absolute atomic E-state index is 0.667. The zero-order valence-corrected chi connectivity index (χ0v) is 30.7. The van der Waals surface area contributed by atoms with Gasteiger partial charge in [0.2, 0.25) is 0 Å². The molecule has 0 radical (unpaired) electrons. The summed E-state index contributed by atoms with van der Waals surface area (Å²) in [6.45, 7) is 0. The first kappa shape index (κ1) is 32.7. The monoisotopic (exact) mass is 728 g/mol. The van der Waals surface area contributed by atoms with E-state index in [0.29, 0.717) is 5.82 Å². The number of rotatable bonds is 6. The fraction of sp³-hybridized carbons (Fsp3) is 0. The maximum absolute atomic E-state index is 6.18. The quantitative estimate of drug-likeness (QED) is 0.160. The third kappa shape index (κ3) is 5.99. The zero-order valence-electron chi connectivity index (χ0n) is 30.7. The van der Waals surface area contributed by atoms with Gasteiger partial charge in [-0.25, -0.2) is 15.0 Å². The van der Waals surface area contributed by atoms with Crippen molar-refractivity contribution in [3.63, 3.8) is 0 Å². The molecular formula is C52H32N4O. The number of nitrogens with zero attached hydrogens (tertiary/aromatic N) is 4. The first-order valence-corrected chi connectivity index (χ1v) is 19.0. The maximum Gasteiger partial charge on any atom is 0.160 e.